The van der Waals surface area contributed by atoms with E-state index in [0.29, 0.717) is 0 Å². The van der Waals surface area contributed by atoms with Crippen LogP contribution in [0, 0.1) is 5.92 Å². The van der Waals surface area contributed by atoms with Crippen molar-refractivity contribution in [3.8, 4) is 11.1 Å². The Bertz CT molecular complexity index is 1030. The number of anilines is 1. The second-order valence-corrected chi connectivity index (χ2v) is 11.7. The smallest absolute Gasteiger partial charge is 0.163 e. The molecule has 3 N–H and O–H groups in total. The molecule has 0 aromatic heterocycles. The Morgan fingerprint density at radius 1 is 1.06 bits per heavy atom. The minimum atomic E-state index is -3.18. The lowest BCUT2D eigenvalue weighted by Gasteiger charge is -2.43. The first kappa shape index (κ1) is 23.3. The van der Waals surface area contributed by atoms with Crippen molar-refractivity contribution >= 4 is 15.5 Å². The highest BCUT2D eigenvalue weighted by Crippen LogP contribution is 2.34. The molecule has 1 heterocycles. The SMILES string of the molecule is CCCN(C1CCc2ccc(-c3cccc(N)c3)cc2C1)C(C1CCNCC1)S(C)(=O)=O. The molecule has 0 bridgehead atoms. The molecule has 2 unspecified atom stereocenters. The monoisotopic (exact) mass is 455 g/mol. The molecule has 1 aliphatic heterocycles. The maximum atomic E-state index is 13.0. The van der Waals surface area contributed by atoms with Gasteiger partial charge in [0.05, 0.1) is 0 Å². The van der Waals surface area contributed by atoms with Crippen molar-refractivity contribution in [2.24, 2.45) is 5.92 Å². The molecule has 4 rings (SSSR count). The van der Waals surface area contributed by atoms with E-state index in [-0.39, 0.29) is 17.3 Å². The van der Waals surface area contributed by atoms with Gasteiger partial charge in [0.15, 0.2) is 9.84 Å². The second-order valence-electron chi connectivity index (χ2n) is 9.55. The fraction of sp³-hybridized carbons (Fsp3) is 0.538. The molecule has 2 aromatic rings. The topological polar surface area (TPSA) is 75.4 Å². The van der Waals surface area contributed by atoms with Crippen LogP contribution in [0.3, 0.4) is 0 Å². The molecule has 0 spiro atoms. The van der Waals surface area contributed by atoms with Crippen LogP contribution in [0.25, 0.3) is 11.1 Å². The number of rotatable bonds is 7. The first-order valence-electron chi connectivity index (χ1n) is 12.0. The highest BCUT2D eigenvalue weighted by atomic mass is 32.2. The zero-order valence-electron chi connectivity index (χ0n) is 19.4. The van der Waals surface area contributed by atoms with Crippen LogP contribution in [0.5, 0.6) is 0 Å². The maximum Gasteiger partial charge on any atom is 0.163 e. The molecule has 32 heavy (non-hydrogen) atoms. The summed E-state index contributed by atoms with van der Waals surface area (Å²) in [6.07, 6.45) is 7.19. The lowest BCUT2D eigenvalue weighted by molar-refractivity contribution is 0.114. The van der Waals surface area contributed by atoms with Crippen LogP contribution in [-0.4, -0.2) is 50.6 Å². The minimum Gasteiger partial charge on any atom is -0.399 e. The quantitative estimate of drug-likeness (QED) is 0.620. The standard InChI is InChI=1S/C26H37N3O2S/c1-3-15-29(26(32(2,30)31)20-11-13-28-14-12-20)25-10-9-19-7-8-22(16-23(19)18-25)21-5-4-6-24(27)17-21/h4-8,16-17,20,25-26,28H,3,9-15,18,27H2,1-2H3. The zero-order chi connectivity index (χ0) is 22.7. The van der Waals surface area contributed by atoms with Gasteiger partial charge in [-0.2, -0.15) is 0 Å². The molecule has 5 nitrogen and oxygen atoms in total. The van der Waals surface area contributed by atoms with Gasteiger partial charge in [-0.15, -0.1) is 0 Å². The van der Waals surface area contributed by atoms with E-state index < -0.39 is 9.84 Å². The number of piperidine rings is 1. The van der Waals surface area contributed by atoms with Gasteiger partial charge in [-0.25, -0.2) is 8.42 Å². The molecule has 6 heteroatoms. The molecular formula is C26H37N3O2S. The molecule has 1 saturated heterocycles. The summed E-state index contributed by atoms with van der Waals surface area (Å²) in [7, 11) is -3.18. The van der Waals surface area contributed by atoms with Gasteiger partial charge < -0.3 is 11.1 Å². The fourth-order valence-electron chi connectivity index (χ4n) is 5.69. The second kappa shape index (κ2) is 9.94. The summed E-state index contributed by atoms with van der Waals surface area (Å²) in [4.78, 5) is 2.35. The summed E-state index contributed by atoms with van der Waals surface area (Å²) in [6.45, 7) is 4.81. The Balaban J connectivity index is 1.63. The Labute approximate surface area is 193 Å². The lowest BCUT2D eigenvalue weighted by atomic mass is 9.84. The molecule has 0 saturated carbocycles. The van der Waals surface area contributed by atoms with E-state index in [4.69, 9.17) is 5.73 Å². The number of benzene rings is 2. The summed E-state index contributed by atoms with van der Waals surface area (Å²) in [5.74, 6) is 0.206. The van der Waals surface area contributed by atoms with Crippen LogP contribution >= 0.6 is 0 Å². The average molecular weight is 456 g/mol. The van der Waals surface area contributed by atoms with Gasteiger partial charge in [-0.1, -0.05) is 37.3 Å². The first-order valence-corrected chi connectivity index (χ1v) is 14.0. The lowest BCUT2D eigenvalue weighted by Crippen LogP contribution is -2.54. The average Bonchev–Trinajstić information content (AvgIpc) is 2.78. The van der Waals surface area contributed by atoms with Crippen LogP contribution < -0.4 is 11.1 Å². The molecule has 1 aliphatic carbocycles. The summed E-state index contributed by atoms with van der Waals surface area (Å²) >= 11 is 0. The van der Waals surface area contributed by atoms with Gasteiger partial charge in [0.1, 0.15) is 5.37 Å². The Hall–Kier alpha value is -1.89. The van der Waals surface area contributed by atoms with E-state index in [9.17, 15) is 8.42 Å². The number of fused-ring (bicyclic) bond motifs is 1. The zero-order valence-corrected chi connectivity index (χ0v) is 20.2. The van der Waals surface area contributed by atoms with Gasteiger partial charge in [0.25, 0.3) is 0 Å². The van der Waals surface area contributed by atoms with Crippen LogP contribution in [-0.2, 0) is 22.7 Å². The van der Waals surface area contributed by atoms with E-state index in [1.54, 1.807) is 0 Å². The van der Waals surface area contributed by atoms with E-state index in [1.807, 2.05) is 18.2 Å². The third kappa shape index (κ3) is 5.19. The van der Waals surface area contributed by atoms with E-state index >= 15 is 0 Å². The predicted octanol–water partition coefficient (Wildman–Crippen LogP) is 3.88. The number of nitrogens with two attached hydrogens (primary N) is 1. The largest absolute Gasteiger partial charge is 0.399 e. The van der Waals surface area contributed by atoms with Crippen molar-refractivity contribution in [1.29, 1.82) is 0 Å². The van der Waals surface area contributed by atoms with Gasteiger partial charge in [-0.3, -0.25) is 4.90 Å². The van der Waals surface area contributed by atoms with Crippen LogP contribution in [0.2, 0.25) is 0 Å². The van der Waals surface area contributed by atoms with E-state index in [2.05, 4.69) is 41.4 Å². The van der Waals surface area contributed by atoms with Crippen LogP contribution in [0.15, 0.2) is 42.5 Å². The van der Waals surface area contributed by atoms with Crippen molar-refractivity contribution in [3.05, 3.63) is 53.6 Å². The van der Waals surface area contributed by atoms with Gasteiger partial charge in [-0.05, 0) is 98.5 Å². The Kier molecular flexibility index (Phi) is 7.23. The fourth-order valence-corrected chi connectivity index (χ4v) is 7.43. The van der Waals surface area contributed by atoms with Gasteiger partial charge in [0.2, 0.25) is 0 Å². The Morgan fingerprint density at radius 3 is 2.50 bits per heavy atom. The van der Waals surface area contributed by atoms with Crippen LogP contribution in [0.4, 0.5) is 5.69 Å². The molecule has 2 aliphatic rings. The summed E-state index contributed by atoms with van der Waals surface area (Å²) in [6, 6.07) is 15.0. The molecule has 1 fully saturated rings. The number of hydrogen-bond donors (Lipinski definition) is 2. The molecule has 174 valence electrons. The number of hydrogen-bond acceptors (Lipinski definition) is 5. The molecule has 2 atom stereocenters. The van der Waals surface area contributed by atoms with Crippen LogP contribution in [0.1, 0.15) is 43.7 Å². The molecule has 0 amide bonds. The van der Waals surface area contributed by atoms with E-state index in [0.717, 1.165) is 69.4 Å². The molecular weight excluding hydrogens is 418 g/mol. The van der Waals surface area contributed by atoms with Crippen molar-refractivity contribution in [2.45, 2.75) is 56.9 Å². The first-order chi connectivity index (χ1) is 15.4. The summed E-state index contributed by atoms with van der Waals surface area (Å²) in [5.41, 5.74) is 11.8. The minimum absolute atomic E-state index is 0.206. The number of nitrogen functional groups attached to an aromatic ring is 1. The van der Waals surface area contributed by atoms with Gasteiger partial charge in [0, 0.05) is 18.0 Å². The van der Waals surface area contributed by atoms with Crippen molar-refractivity contribution in [3.63, 3.8) is 0 Å². The highest BCUT2D eigenvalue weighted by Gasteiger charge is 2.39. The number of nitrogens with zero attached hydrogens (tertiary/aromatic N) is 1. The van der Waals surface area contributed by atoms with Gasteiger partial charge >= 0.3 is 0 Å². The molecule has 2 aromatic carbocycles. The summed E-state index contributed by atoms with van der Waals surface area (Å²) < 4.78 is 26.1. The highest BCUT2D eigenvalue weighted by molar-refractivity contribution is 7.91. The normalized spacial score (nSPS) is 20.8. The van der Waals surface area contributed by atoms with Crippen molar-refractivity contribution < 1.29 is 8.42 Å². The third-order valence-corrected chi connectivity index (χ3v) is 8.67. The number of sulfone groups is 1. The van der Waals surface area contributed by atoms with Crippen molar-refractivity contribution in [2.75, 3.05) is 31.6 Å². The number of aryl methyl sites for hydroxylation is 1. The molecule has 0 radical (unpaired) electrons. The number of nitrogens with one attached hydrogen (secondary N) is 1. The Morgan fingerprint density at radius 2 is 1.81 bits per heavy atom. The predicted molar refractivity (Wildman–Crippen MR) is 133 cm³/mol. The van der Waals surface area contributed by atoms with Crippen molar-refractivity contribution in [1.82, 2.24) is 10.2 Å². The summed E-state index contributed by atoms with van der Waals surface area (Å²) in [5, 5.41) is 3.01. The maximum absolute atomic E-state index is 13.0. The third-order valence-electron chi connectivity index (χ3n) is 7.13. The van der Waals surface area contributed by atoms with E-state index in [1.165, 1.54) is 22.9 Å².